The Kier molecular flexibility index (Phi) is 4.04. The number of benzene rings is 2. The Labute approximate surface area is 128 Å². The number of phenolic OH excluding ortho intramolecular Hbond substituents is 1. The predicted molar refractivity (Wildman–Crippen MR) is 79.6 cm³/mol. The van der Waals surface area contributed by atoms with Crippen LogP contribution in [0.2, 0.25) is 0 Å². The zero-order valence-corrected chi connectivity index (χ0v) is 12.2. The average molecular weight is 297 g/mol. The van der Waals surface area contributed by atoms with E-state index in [1.165, 1.54) is 25.1 Å². The third-order valence-corrected chi connectivity index (χ3v) is 3.47. The van der Waals surface area contributed by atoms with Crippen molar-refractivity contribution in [3.8, 4) is 17.6 Å². The largest absolute Gasteiger partial charge is 0.508 e. The number of phenols is 1. The summed E-state index contributed by atoms with van der Waals surface area (Å²) in [5.74, 6) is -1.27. The van der Waals surface area contributed by atoms with Crippen LogP contribution in [0, 0.1) is 18.3 Å². The number of carbonyl (C=O) groups is 1. The molecule has 2 aromatic rings. The lowest BCUT2D eigenvalue weighted by Gasteiger charge is -2.28. The van der Waals surface area contributed by atoms with Gasteiger partial charge in [-0.15, -0.1) is 0 Å². The fourth-order valence-electron chi connectivity index (χ4n) is 2.23. The first-order valence-electron chi connectivity index (χ1n) is 6.60. The minimum Gasteiger partial charge on any atom is -0.508 e. The van der Waals surface area contributed by atoms with Crippen molar-refractivity contribution in [2.45, 2.75) is 19.4 Å². The van der Waals surface area contributed by atoms with Crippen molar-refractivity contribution in [2.75, 3.05) is 0 Å². The lowest BCUT2D eigenvalue weighted by atomic mass is 9.91. The van der Waals surface area contributed by atoms with Gasteiger partial charge in [-0.2, -0.15) is 5.26 Å². The van der Waals surface area contributed by atoms with Gasteiger partial charge in [-0.05, 0) is 31.5 Å². The number of nitriles is 1. The smallest absolute Gasteiger partial charge is 0.352 e. The Balaban J connectivity index is 2.56. The normalized spacial score (nSPS) is 13.0. The highest BCUT2D eigenvalue weighted by Crippen LogP contribution is 2.34. The molecule has 0 fully saturated rings. The lowest BCUT2D eigenvalue weighted by Crippen LogP contribution is -2.39. The average Bonchev–Trinajstić information content (AvgIpc) is 2.47. The molecule has 0 aliphatic heterocycles. The SMILES string of the molecule is Cc1ccccc1C(C)(Oc1cc(O)ccc1C#N)C(=O)O. The van der Waals surface area contributed by atoms with E-state index >= 15 is 0 Å². The van der Waals surface area contributed by atoms with Gasteiger partial charge in [0.25, 0.3) is 0 Å². The van der Waals surface area contributed by atoms with Crippen LogP contribution in [0.1, 0.15) is 23.6 Å². The highest BCUT2D eigenvalue weighted by atomic mass is 16.5. The highest BCUT2D eigenvalue weighted by Gasteiger charge is 2.39. The maximum absolute atomic E-state index is 11.8. The van der Waals surface area contributed by atoms with Crippen molar-refractivity contribution in [1.29, 1.82) is 5.26 Å². The first-order valence-corrected chi connectivity index (χ1v) is 6.60. The second kappa shape index (κ2) is 5.78. The molecule has 0 spiro atoms. The van der Waals surface area contributed by atoms with Crippen molar-refractivity contribution < 1.29 is 19.7 Å². The minimum atomic E-state index is -1.68. The molecule has 1 atom stereocenters. The molecule has 0 heterocycles. The molecule has 2 rings (SSSR count). The molecule has 2 aromatic carbocycles. The molecule has 112 valence electrons. The number of nitrogens with zero attached hydrogens (tertiary/aromatic N) is 1. The maximum atomic E-state index is 11.8. The maximum Gasteiger partial charge on any atom is 0.352 e. The van der Waals surface area contributed by atoms with Gasteiger partial charge in [0.15, 0.2) is 0 Å². The molecular formula is C17H15NO4. The summed E-state index contributed by atoms with van der Waals surface area (Å²) in [7, 11) is 0. The van der Waals surface area contributed by atoms with Crippen molar-refractivity contribution in [3.05, 3.63) is 59.2 Å². The summed E-state index contributed by atoms with van der Waals surface area (Å²) in [5.41, 5.74) is -0.287. The first kappa shape index (κ1) is 15.4. The van der Waals surface area contributed by atoms with E-state index in [1.807, 2.05) is 6.07 Å². The Morgan fingerprint density at radius 2 is 1.95 bits per heavy atom. The van der Waals surface area contributed by atoms with Crippen LogP contribution in [0.15, 0.2) is 42.5 Å². The van der Waals surface area contributed by atoms with Gasteiger partial charge in [0.1, 0.15) is 17.6 Å². The second-order valence-electron chi connectivity index (χ2n) is 5.05. The molecule has 0 bridgehead atoms. The van der Waals surface area contributed by atoms with Crippen LogP contribution < -0.4 is 4.74 Å². The Morgan fingerprint density at radius 3 is 2.55 bits per heavy atom. The molecule has 2 N–H and O–H groups in total. The third kappa shape index (κ3) is 2.72. The molecule has 1 unspecified atom stereocenters. The van der Waals surface area contributed by atoms with E-state index in [0.29, 0.717) is 5.56 Å². The number of aliphatic carboxylic acids is 1. The first-order chi connectivity index (χ1) is 10.4. The number of carboxylic acids is 1. The summed E-state index contributed by atoms with van der Waals surface area (Å²) >= 11 is 0. The van der Waals surface area contributed by atoms with Gasteiger partial charge in [-0.25, -0.2) is 4.79 Å². The molecule has 0 aliphatic rings. The summed E-state index contributed by atoms with van der Waals surface area (Å²) in [4.78, 5) is 11.8. The van der Waals surface area contributed by atoms with Gasteiger partial charge in [-0.3, -0.25) is 0 Å². The number of rotatable bonds is 4. The van der Waals surface area contributed by atoms with Crippen LogP contribution >= 0.6 is 0 Å². The van der Waals surface area contributed by atoms with Crippen LogP contribution in [0.25, 0.3) is 0 Å². The molecule has 0 radical (unpaired) electrons. The van der Waals surface area contributed by atoms with E-state index in [-0.39, 0.29) is 17.1 Å². The monoisotopic (exact) mass is 297 g/mol. The standard InChI is InChI=1S/C17H15NO4/c1-11-5-3-4-6-14(11)17(2,16(20)21)22-15-9-13(19)8-7-12(15)10-18/h3-9,19H,1-2H3,(H,20,21). The quantitative estimate of drug-likeness (QED) is 0.905. The summed E-state index contributed by atoms with van der Waals surface area (Å²) < 4.78 is 5.65. The molecule has 0 amide bonds. The number of hydrogen-bond acceptors (Lipinski definition) is 4. The van der Waals surface area contributed by atoms with Crippen LogP contribution in [0.4, 0.5) is 0 Å². The number of carboxylic acid groups (broad SMARTS) is 1. The zero-order valence-electron chi connectivity index (χ0n) is 12.2. The molecular weight excluding hydrogens is 282 g/mol. The third-order valence-electron chi connectivity index (χ3n) is 3.47. The number of aryl methyl sites for hydroxylation is 1. The van der Waals surface area contributed by atoms with Gasteiger partial charge < -0.3 is 14.9 Å². The predicted octanol–water partition coefficient (Wildman–Crippen LogP) is 2.95. The van der Waals surface area contributed by atoms with E-state index < -0.39 is 11.6 Å². The van der Waals surface area contributed by atoms with Gasteiger partial charge >= 0.3 is 5.97 Å². The molecule has 5 heteroatoms. The van der Waals surface area contributed by atoms with Gasteiger partial charge in [0.05, 0.1) is 5.56 Å². The van der Waals surface area contributed by atoms with Crippen molar-refractivity contribution >= 4 is 5.97 Å². The van der Waals surface area contributed by atoms with Crippen LogP contribution in [0.3, 0.4) is 0 Å². The van der Waals surface area contributed by atoms with Gasteiger partial charge in [0.2, 0.25) is 5.60 Å². The fourth-order valence-corrected chi connectivity index (χ4v) is 2.23. The van der Waals surface area contributed by atoms with Crippen LogP contribution in [0.5, 0.6) is 11.5 Å². The van der Waals surface area contributed by atoms with Crippen LogP contribution in [-0.4, -0.2) is 16.2 Å². The summed E-state index contributed by atoms with van der Waals surface area (Å²) in [6, 6.07) is 12.9. The number of aromatic hydroxyl groups is 1. The Bertz CT molecular complexity index is 763. The molecule has 0 saturated carbocycles. The second-order valence-corrected chi connectivity index (χ2v) is 5.05. The summed E-state index contributed by atoms with van der Waals surface area (Å²) in [5, 5.41) is 28.3. The molecule has 22 heavy (non-hydrogen) atoms. The molecule has 5 nitrogen and oxygen atoms in total. The van der Waals surface area contributed by atoms with Gasteiger partial charge in [-0.1, -0.05) is 24.3 Å². The van der Waals surface area contributed by atoms with Crippen molar-refractivity contribution in [2.24, 2.45) is 0 Å². The lowest BCUT2D eigenvalue weighted by molar-refractivity contribution is -0.154. The molecule has 0 aromatic heterocycles. The molecule has 0 aliphatic carbocycles. The van der Waals surface area contributed by atoms with E-state index in [9.17, 15) is 15.0 Å². The number of ether oxygens (including phenoxy) is 1. The summed E-state index contributed by atoms with van der Waals surface area (Å²) in [6.07, 6.45) is 0. The van der Waals surface area contributed by atoms with Crippen molar-refractivity contribution in [1.82, 2.24) is 0 Å². The van der Waals surface area contributed by atoms with Crippen molar-refractivity contribution in [3.63, 3.8) is 0 Å². The number of hydrogen-bond donors (Lipinski definition) is 2. The van der Waals surface area contributed by atoms with E-state index in [2.05, 4.69) is 0 Å². The van der Waals surface area contributed by atoms with E-state index in [0.717, 1.165) is 5.56 Å². The minimum absolute atomic E-state index is 0.0238. The topological polar surface area (TPSA) is 90.5 Å². The van der Waals surface area contributed by atoms with Gasteiger partial charge in [0, 0.05) is 11.6 Å². The molecule has 0 saturated heterocycles. The van der Waals surface area contributed by atoms with E-state index in [4.69, 9.17) is 10.00 Å². The Morgan fingerprint density at radius 1 is 1.27 bits per heavy atom. The fraction of sp³-hybridized carbons (Fsp3) is 0.176. The highest BCUT2D eigenvalue weighted by molar-refractivity contribution is 5.80. The summed E-state index contributed by atoms with van der Waals surface area (Å²) in [6.45, 7) is 3.20. The van der Waals surface area contributed by atoms with Crippen LogP contribution in [-0.2, 0) is 10.4 Å². The van der Waals surface area contributed by atoms with E-state index in [1.54, 1.807) is 31.2 Å². The Hall–Kier alpha value is -3.00. The zero-order chi connectivity index (χ0) is 16.3.